The Morgan fingerprint density at radius 1 is 1.35 bits per heavy atom. The summed E-state index contributed by atoms with van der Waals surface area (Å²) in [5, 5.41) is 10.9. The van der Waals surface area contributed by atoms with Crippen LogP contribution in [0.1, 0.15) is 24.4 Å². The maximum absolute atomic E-state index is 12.5. The minimum absolute atomic E-state index is 0.0164. The lowest BCUT2D eigenvalue weighted by atomic mass is 10.0. The first-order valence-electron chi connectivity index (χ1n) is 7.28. The van der Waals surface area contributed by atoms with Crippen molar-refractivity contribution in [3.05, 3.63) is 29.3 Å². The highest BCUT2D eigenvalue weighted by molar-refractivity contribution is 7.13. The van der Waals surface area contributed by atoms with Crippen LogP contribution >= 0.6 is 11.3 Å². The molecule has 2 amide bonds. The second kappa shape index (κ2) is 6.82. The summed E-state index contributed by atoms with van der Waals surface area (Å²) in [4.78, 5) is 14.3. The molecule has 1 fully saturated rings. The van der Waals surface area contributed by atoms with Gasteiger partial charge in [-0.15, -0.1) is 10.2 Å². The topological polar surface area (TPSA) is 76.6 Å². The first-order valence-corrected chi connectivity index (χ1v) is 8.16. The molecule has 1 aromatic heterocycles. The fourth-order valence-corrected chi connectivity index (χ4v) is 3.24. The van der Waals surface area contributed by atoms with Gasteiger partial charge in [-0.25, -0.2) is 4.79 Å². The Morgan fingerprint density at radius 3 is 2.87 bits per heavy atom. The second-order valence-electron chi connectivity index (χ2n) is 5.14. The van der Waals surface area contributed by atoms with Crippen LogP contribution in [0, 0.1) is 0 Å². The van der Waals surface area contributed by atoms with Crippen molar-refractivity contribution in [1.82, 2.24) is 15.1 Å². The highest BCUT2D eigenvalue weighted by Gasteiger charge is 2.31. The smallest absolute Gasteiger partial charge is 0.324 e. The molecular formula is C15H18N4O3S. The van der Waals surface area contributed by atoms with Crippen LogP contribution in [0.3, 0.4) is 0 Å². The number of likely N-dealkylation sites (tertiary alicyclic amines) is 1. The summed E-state index contributed by atoms with van der Waals surface area (Å²) in [6, 6.07) is 5.64. The molecule has 8 heteroatoms. The third-order valence-electron chi connectivity index (χ3n) is 3.88. The predicted molar refractivity (Wildman–Crippen MR) is 87.2 cm³/mol. The maximum Gasteiger partial charge on any atom is 0.324 e. The van der Waals surface area contributed by atoms with E-state index in [0.29, 0.717) is 23.2 Å². The van der Waals surface area contributed by atoms with Crippen LogP contribution < -0.4 is 14.8 Å². The SMILES string of the molecule is COc1ccc([C@H]2CCCN2C(=O)Nc2nncs2)cc1OC. The van der Waals surface area contributed by atoms with Crippen LogP contribution in [0.15, 0.2) is 23.7 Å². The summed E-state index contributed by atoms with van der Waals surface area (Å²) in [6.07, 6.45) is 1.88. The van der Waals surface area contributed by atoms with Gasteiger partial charge in [0.05, 0.1) is 20.3 Å². The zero-order valence-electron chi connectivity index (χ0n) is 13.0. The van der Waals surface area contributed by atoms with E-state index in [1.165, 1.54) is 11.3 Å². The summed E-state index contributed by atoms with van der Waals surface area (Å²) in [5.74, 6) is 1.35. The van der Waals surface area contributed by atoms with Gasteiger partial charge < -0.3 is 14.4 Å². The number of benzene rings is 1. The molecule has 1 saturated heterocycles. The van der Waals surface area contributed by atoms with Gasteiger partial charge in [0.15, 0.2) is 11.5 Å². The van der Waals surface area contributed by atoms with Crippen molar-refractivity contribution in [1.29, 1.82) is 0 Å². The maximum atomic E-state index is 12.5. The highest BCUT2D eigenvalue weighted by Crippen LogP contribution is 2.37. The van der Waals surface area contributed by atoms with E-state index in [1.807, 2.05) is 23.1 Å². The van der Waals surface area contributed by atoms with E-state index in [1.54, 1.807) is 19.7 Å². The Kier molecular flexibility index (Phi) is 4.61. The fourth-order valence-electron chi connectivity index (χ4n) is 2.81. The van der Waals surface area contributed by atoms with Gasteiger partial charge >= 0.3 is 6.03 Å². The van der Waals surface area contributed by atoms with E-state index in [2.05, 4.69) is 15.5 Å². The Balaban J connectivity index is 1.79. The van der Waals surface area contributed by atoms with Crippen molar-refractivity contribution >= 4 is 22.5 Å². The Labute approximate surface area is 138 Å². The van der Waals surface area contributed by atoms with Crippen LogP contribution in [0.4, 0.5) is 9.93 Å². The van der Waals surface area contributed by atoms with Crippen molar-refractivity contribution in [2.75, 3.05) is 26.1 Å². The van der Waals surface area contributed by atoms with Crippen LogP contribution in [0.5, 0.6) is 11.5 Å². The molecule has 1 aliphatic heterocycles. The van der Waals surface area contributed by atoms with Crippen molar-refractivity contribution in [2.45, 2.75) is 18.9 Å². The van der Waals surface area contributed by atoms with Gasteiger partial charge in [0.1, 0.15) is 5.51 Å². The quantitative estimate of drug-likeness (QED) is 0.930. The third-order valence-corrected chi connectivity index (χ3v) is 4.49. The summed E-state index contributed by atoms with van der Waals surface area (Å²) in [6.45, 7) is 0.712. The minimum Gasteiger partial charge on any atom is -0.493 e. The largest absolute Gasteiger partial charge is 0.493 e. The number of ether oxygens (including phenoxy) is 2. The first kappa shape index (κ1) is 15.5. The van der Waals surface area contributed by atoms with Gasteiger partial charge in [0, 0.05) is 6.54 Å². The number of hydrogen-bond acceptors (Lipinski definition) is 6. The molecule has 1 atom stereocenters. The number of amides is 2. The van der Waals surface area contributed by atoms with Crippen LogP contribution in [-0.2, 0) is 0 Å². The number of carbonyl (C=O) groups is 1. The molecule has 3 rings (SSSR count). The fraction of sp³-hybridized carbons (Fsp3) is 0.400. The molecule has 0 radical (unpaired) electrons. The number of nitrogens with one attached hydrogen (secondary N) is 1. The monoisotopic (exact) mass is 334 g/mol. The zero-order chi connectivity index (χ0) is 16.2. The number of methoxy groups -OCH3 is 2. The number of urea groups is 1. The third kappa shape index (κ3) is 3.21. The number of aromatic nitrogens is 2. The Hall–Kier alpha value is -2.35. The zero-order valence-corrected chi connectivity index (χ0v) is 13.8. The van der Waals surface area contributed by atoms with E-state index < -0.39 is 0 Å². The second-order valence-corrected chi connectivity index (χ2v) is 5.97. The van der Waals surface area contributed by atoms with Crippen LogP contribution in [0.25, 0.3) is 0 Å². The molecule has 1 aliphatic rings. The summed E-state index contributed by atoms with van der Waals surface area (Å²) in [5.41, 5.74) is 2.62. The molecule has 0 saturated carbocycles. The van der Waals surface area contributed by atoms with E-state index in [-0.39, 0.29) is 12.1 Å². The number of nitrogens with zero attached hydrogens (tertiary/aromatic N) is 3. The van der Waals surface area contributed by atoms with Gasteiger partial charge in [-0.1, -0.05) is 17.4 Å². The lowest BCUT2D eigenvalue weighted by molar-refractivity contribution is 0.207. The standard InChI is InChI=1S/C15H18N4O3S/c1-21-12-6-5-10(8-13(12)22-2)11-4-3-7-19(11)15(20)17-14-18-16-9-23-14/h5-6,8-9,11H,3-4,7H2,1-2H3,(H,17,18,20)/t11-/m1/s1. The molecule has 2 heterocycles. The molecule has 0 unspecified atom stereocenters. The van der Waals surface area contributed by atoms with Crippen LogP contribution in [0.2, 0.25) is 0 Å². The van der Waals surface area contributed by atoms with E-state index in [9.17, 15) is 4.79 Å². The number of carbonyl (C=O) groups excluding carboxylic acids is 1. The summed E-state index contributed by atoms with van der Waals surface area (Å²) in [7, 11) is 3.21. The number of hydrogen-bond donors (Lipinski definition) is 1. The number of rotatable bonds is 4. The molecule has 0 aliphatic carbocycles. The average Bonchev–Trinajstić information content (AvgIpc) is 3.25. The molecule has 23 heavy (non-hydrogen) atoms. The Morgan fingerprint density at radius 2 is 2.17 bits per heavy atom. The molecule has 1 N–H and O–H groups in total. The van der Waals surface area contributed by atoms with E-state index in [4.69, 9.17) is 9.47 Å². The molecule has 0 spiro atoms. The highest BCUT2D eigenvalue weighted by atomic mass is 32.1. The molecule has 7 nitrogen and oxygen atoms in total. The van der Waals surface area contributed by atoms with Crippen molar-refractivity contribution in [2.24, 2.45) is 0 Å². The van der Waals surface area contributed by atoms with Crippen molar-refractivity contribution in [3.8, 4) is 11.5 Å². The lowest BCUT2D eigenvalue weighted by Gasteiger charge is -2.25. The molecule has 0 bridgehead atoms. The van der Waals surface area contributed by atoms with Gasteiger partial charge in [0.25, 0.3) is 0 Å². The summed E-state index contributed by atoms with van der Waals surface area (Å²) < 4.78 is 10.6. The van der Waals surface area contributed by atoms with Gasteiger partial charge in [-0.2, -0.15) is 0 Å². The minimum atomic E-state index is -0.154. The van der Waals surface area contributed by atoms with Crippen molar-refractivity contribution < 1.29 is 14.3 Å². The summed E-state index contributed by atoms with van der Waals surface area (Å²) >= 11 is 1.30. The predicted octanol–water partition coefficient (Wildman–Crippen LogP) is 2.92. The van der Waals surface area contributed by atoms with Crippen molar-refractivity contribution in [3.63, 3.8) is 0 Å². The van der Waals surface area contributed by atoms with E-state index >= 15 is 0 Å². The molecule has 1 aromatic carbocycles. The molecular weight excluding hydrogens is 316 g/mol. The first-order chi connectivity index (χ1) is 11.2. The molecule has 122 valence electrons. The van der Waals surface area contributed by atoms with Gasteiger partial charge in [0.2, 0.25) is 5.13 Å². The van der Waals surface area contributed by atoms with Crippen LogP contribution in [-0.4, -0.2) is 41.9 Å². The average molecular weight is 334 g/mol. The molecule has 2 aromatic rings. The lowest BCUT2D eigenvalue weighted by Crippen LogP contribution is -2.34. The number of anilines is 1. The Bertz CT molecular complexity index is 677. The van der Waals surface area contributed by atoms with E-state index in [0.717, 1.165) is 18.4 Å². The van der Waals surface area contributed by atoms with Gasteiger partial charge in [-0.05, 0) is 30.5 Å². The van der Waals surface area contributed by atoms with Gasteiger partial charge in [-0.3, -0.25) is 5.32 Å². The normalized spacial score (nSPS) is 17.1.